The summed E-state index contributed by atoms with van der Waals surface area (Å²) in [5.41, 5.74) is 5.76. The maximum absolute atomic E-state index is 10.9. The van der Waals surface area contributed by atoms with Crippen molar-refractivity contribution in [1.82, 2.24) is 29.1 Å². The number of aromatic hydroxyl groups is 1. The fourth-order valence-corrected chi connectivity index (χ4v) is 3.82. The lowest BCUT2D eigenvalue weighted by Gasteiger charge is -2.06. The largest absolute Gasteiger partial charge is 0.494 e. The normalized spacial score (nSPS) is 11.5. The molecule has 7 heteroatoms. The van der Waals surface area contributed by atoms with Gasteiger partial charge in [0.1, 0.15) is 12.2 Å². The Hall–Kier alpha value is -3.74. The Kier molecular flexibility index (Phi) is 4.01. The van der Waals surface area contributed by atoms with Crippen molar-refractivity contribution in [1.29, 1.82) is 0 Å². The molecular formula is C22H20N6O. The van der Waals surface area contributed by atoms with E-state index < -0.39 is 0 Å². The summed E-state index contributed by atoms with van der Waals surface area (Å²) in [6, 6.07) is 8.16. The van der Waals surface area contributed by atoms with Crippen molar-refractivity contribution in [2.75, 3.05) is 0 Å². The Morgan fingerprint density at radius 2 is 1.90 bits per heavy atom. The average Bonchev–Trinajstić information content (AvgIpc) is 3.23. The highest BCUT2D eigenvalue weighted by atomic mass is 16.3. The summed E-state index contributed by atoms with van der Waals surface area (Å²) in [4.78, 5) is 17.4. The molecule has 1 N–H and O–H groups in total. The maximum Gasteiger partial charge on any atom is 0.201 e. The van der Waals surface area contributed by atoms with Crippen LogP contribution in [-0.2, 0) is 20.0 Å². The lowest BCUT2D eigenvalue weighted by molar-refractivity contribution is 0.421. The number of fused-ring (bicyclic) bond motifs is 2. The van der Waals surface area contributed by atoms with Gasteiger partial charge in [0.2, 0.25) is 5.88 Å². The number of aryl methyl sites for hydroxylation is 4. The van der Waals surface area contributed by atoms with Gasteiger partial charge in [0.15, 0.2) is 0 Å². The molecule has 0 atom stereocenters. The summed E-state index contributed by atoms with van der Waals surface area (Å²) in [6.07, 6.45) is 9.28. The molecule has 0 spiro atoms. The van der Waals surface area contributed by atoms with Gasteiger partial charge in [-0.3, -0.25) is 4.98 Å². The zero-order valence-electron chi connectivity index (χ0n) is 16.2. The first-order valence-electron chi connectivity index (χ1n) is 9.46. The fraction of sp³-hybridized carbons (Fsp3) is 0.182. The molecule has 5 rings (SSSR count). The summed E-state index contributed by atoms with van der Waals surface area (Å²) in [6.45, 7) is 2.67. The van der Waals surface area contributed by atoms with Gasteiger partial charge in [-0.2, -0.15) is 0 Å². The van der Waals surface area contributed by atoms with E-state index in [4.69, 9.17) is 4.98 Å². The van der Waals surface area contributed by atoms with Gasteiger partial charge in [-0.25, -0.2) is 15.0 Å². The number of aromatic nitrogens is 6. The maximum atomic E-state index is 10.9. The number of rotatable bonds is 4. The van der Waals surface area contributed by atoms with Gasteiger partial charge in [0.05, 0.1) is 21.9 Å². The number of pyridine rings is 1. The van der Waals surface area contributed by atoms with E-state index in [1.165, 1.54) is 11.9 Å². The van der Waals surface area contributed by atoms with Gasteiger partial charge < -0.3 is 14.2 Å². The highest BCUT2D eigenvalue weighted by Gasteiger charge is 2.16. The molecule has 0 aliphatic rings. The van der Waals surface area contributed by atoms with E-state index >= 15 is 0 Å². The smallest absolute Gasteiger partial charge is 0.201 e. The fourth-order valence-electron chi connectivity index (χ4n) is 3.82. The second-order valence-corrected chi connectivity index (χ2v) is 7.22. The van der Waals surface area contributed by atoms with Crippen LogP contribution in [-0.4, -0.2) is 34.2 Å². The number of nitrogens with zero attached hydrogens (tertiary/aromatic N) is 6. The Morgan fingerprint density at radius 1 is 1.07 bits per heavy atom. The second kappa shape index (κ2) is 6.70. The van der Waals surface area contributed by atoms with E-state index in [1.54, 1.807) is 18.6 Å². The van der Waals surface area contributed by atoms with Crippen LogP contribution in [0, 0.1) is 6.92 Å². The van der Waals surface area contributed by atoms with E-state index in [1.807, 2.05) is 23.9 Å². The Bertz CT molecular complexity index is 1340. The van der Waals surface area contributed by atoms with E-state index in [0.717, 1.165) is 33.5 Å². The molecule has 0 aliphatic carbocycles. The molecule has 4 aromatic heterocycles. The molecule has 0 saturated heterocycles. The summed E-state index contributed by atoms with van der Waals surface area (Å²) in [5, 5.41) is 11.6. The molecule has 1 aromatic carbocycles. The first-order chi connectivity index (χ1) is 14.1. The quantitative estimate of drug-likeness (QED) is 0.512. The van der Waals surface area contributed by atoms with Gasteiger partial charge >= 0.3 is 0 Å². The monoisotopic (exact) mass is 384 g/mol. The molecule has 0 radical (unpaired) electrons. The molecule has 0 bridgehead atoms. The molecule has 0 unspecified atom stereocenters. The molecule has 0 fully saturated rings. The van der Waals surface area contributed by atoms with Crippen molar-refractivity contribution in [2.24, 2.45) is 7.05 Å². The minimum atomic E-state index is 0.196. The standard InChI is InChI=1S/C22H20N6O/c1-14-3-4-19-17(9-14)26-20(27(19)2)6-8-28-12-18-21(22(28)29)16(5-7-25-18)15-10-23-13-24-11-15/h3-5,7,9-13,29H,6,8H2,1-2H3. The molecule has 0 aliphatic heterocycles. The van der Waals surface area contributed by atoms with Crippen LogP contribution in [0.1, 0.15) is 11.4 Å². The van der Waals surface area contributed by atoms with Crippen LogP contribution in [0.15, 0.2) is 55.4 Å². The summed E-state index contributed by atoms with van der Waals surface area (Å²) in [5.74, 6) is 1.17. The number of benzene rings is 1. The lowest BCUT2D eigenvalue weighted by atomic mass is 10.1. The van der Waals surface area contributed by atoms with Gasteiger partial charge in [0.25, 0.3) is 0 Å². The van der Waals surface area contributed by atoms with Crippen LogP contribution in [0.4, 0.5) is 0 Å². The number of hydrogen-bond donors (Lipinski definition) is 1. The van der Waals surface area contributed by atoms with E-state index in [2.05, 4.69) is 44.6 Å². The third-order valence-electron chi connectivity index (χ3n) is 5.33. The Balaban J connectivity index is 1.50. The van der Waals surface area contributed by atoms with Crippen molar-refractivity contribution in [2.45, 2.75) is 19.9 Å². The summed E-state index contributed by atoms with van der Waals surface area (Å²) in [7, 11) is 2.03. The zero-order chi connectivity index (χ0) is 20.0. The molecule has 7 nitrogen and oxygen atoms in total. The highest BCUT2D eigenvalue weighted by Crippen LogP contribution is 2.34. The van der Waals surface area contributed by atoms with Crippen molar-refractivity contribution in [3.05, 3.63) is 66.8 Å². The van der Waals surface area contributed by atoms with E-state index in [-0.39, 0.29) is 5.88 Å². The first-order valence-corrected chi connectivity index (χ1v) is 9.46. The van der Waals surface area contributed by atoms with Crippen molar-refractivity contribution in [3.8, 4) is 17.0 Å². The van der Waals surface area contributed by atoms with Crippen LogP contribution in [0.5, 0.6) is 5.88 Å². The Morgan fingerprint density at radius 3 is 2.72 bits per heavy atom. The van der Waals surface area contributed by atoms with E-state index in [9.17, 15) is 5.11 Å². The summed E-state index contributed by atoms with van der Waals surface area (Å²) < 4.78 is 3.94. The van der Waals surface area contributed by atoms with Crippen LogP contribution < -0.4 is 0 Å². The van der Waals surface area contributed by atoms with Crippen LogP contribution in [0.25, 0.3) is 33.1 Å². The van der Waals surface area contributed by atoms with Crippen LogP contribution >= 0.6 is 0 Å². The van der Waals surface area contributed by atoms with Crippen LogP contribution in [0.2, 0.25) is 0 Å². The average molecular weight is 384 g/mol. The molecule has 144 valence electrons. The van der Waals surface area contributed by atoms with Gasteiger partial charge in [-0.1, -0.05) is 6.07 Å². The number of hydrogen-bond acceptors (Lipinski definition) is 5. The summed E-state index contributed by atoms with van der Waals surface area (Å²) >= 11 is 0. The van der Waals surface area contributed by atoms with Crippen LogP contribution in [0.3, 0.4) is 0 Å². The van der Waals surface area contributed by atoms with Gasteiger partial charge in [0, 0.05) is 55.9 Å². The third-order valence-corrected chi connectivity index (χ3v) is 5.33. The molecule has 0 saturated carbocycles. The SMILES string of the molecule is Cc1ccc2c(c1)nc(CCn1cc3nccc(-c4cncnc4)c3c1O)n2C. The molecule has 4 heterocycles. The lowest BCUT2D eigenvalue weighted by Crippen LogP contribution is -2.04. The van der Waals surface area contributed by atoms with Gasteiger partial charge in [-0.05, 0) is 30.7 Å². The van der Waals surface area contributed by atoms with Gasteiger partial charge in [-0.15, -0.1) is 0 Å². The molecule has 5 aromatic rings. The predicted molar refractivity (Wildman–Crippen MR) is 112 cm³/mol. The molecule has 29 heavy (non-hydrogen) atoms. The Labute approximate surface area is 167 Å². The molecular weight excluding hydrogens is 364 g/mol. The van der Waals surface area contributed by atoms with Crippen molar-refractivity contribution in [3.63, 3.8) is 0 Å². The first kappa shape index (κ1) is 17.4. The minimum Gasteiger partial charge on any atom is -0.494 e. The predicted octanol–water partition coefficient (Wildman–Crippen LogP) is 3.64. The third kappa shape index (κ3) is 2.91. The van der Waals surface area contributed by atoms with Crippen molar-refractivity contribution < 1.29 is 5.11 Å². The topological polar surface area (TPSA) is 81.7 Å². The minimum absolute atomic E-state index is 0.196. The highest BCUT2D eigenvalue weighted by molar-refractivity contribution is 5.98. The van der Waals surface area contributed by atoms with E-state index in [0.29, 0.717) is 18.4 Å². The van der Waals surface area contributed by atoms with Crippen molar-refractivity contribution >= 4 is 21.9 Å². The second-order valence-electron chi connectivity index (χ2n) is 7.22. The number of imidazole rings is 1. The molecule has 0 amide bonds. The zero-order valence-corrected chi connectivity index (χ0v) is 16.2.